The molecule has 3 heterocycles. The fourth-order valence-electron chi connectivity index (χ4n) is 4.51. The lowest BCUT2D eigenvalue weighted by atomic mass is 10.1. The van der Waals surface area contributed by atoms with Crippen LogP contribution in [0.5, 0.6) is 0 Å². The van der Waals surface area contributed by atoms with Crippen molar-refractivity contribution in [2.45, 2.75) is 0 Å². The largest absolute Gasteiger partial charge is 0.379 e. The number of anilines is 1. The topological polar surface area (TPSA) is 53.8 Å². The summed E-state index contributed by atoms with van der Waals surface area (Å²) >= 11 is 0. The van der Waals surface area contributed by atoms with Crippen molar-refractivity contribution in [1.82, 2.24) is 19.4 Å². The lowest BCUT2D eigenvalue weighted by molar-refractivity contribution is -0.133. The van der Waals surface area contributed by atoms with Gasteiger partial charge in [0, 0.05) is 57.6 Å². The Kier molecular flexibility index (Phi) is 5.61. The molecule has 162 valence electrons. The Morgan fingerprint density at radius 3 is 2.52 bits per heavy atom. The molecule has 0 N–H and O–H groups in total. The van der Waals surface area contributed by atoms with Crippen LogP contribution in [-0.2, 0) is 16.6 Å². The first kappa shape index (κ1) is 20.0. The monoisotopic (exact) mass is 419 g/mol. The van der Waals surface area contributed by atoms with Crippen LogP contribution in [0.4, 0.5) is 5.69 Å². The molecule has 31 heavy (non-hydrogen) atoms. The SMILES string of the molecule is Cn1c(-c2cccc(N3CCN(C(=O)CN4CCOCC4)CC3)c2)nc2ccccc21. The second-order valence-corrected chi connectivity index (χ2v) is 8.29. The fraction of sp³-hybridized carbons (Fsp3) is 0.417. The quantitative estimate of drug-likeness (QED) is 0.649. The van der Waals surface area contributed by atoms with Crippen molar-refractivity contribution in [3.63, 3.8) is 0 Å². The highest BCUT2D eigenvalue weighted by Crippen LogP contribution is 2.27. The van der Waals surface area contributed by atoms with Gasteiger partial charge in [-0.1, -0.05) is 24.3 Å². The lowest BCUT2D eigenvalue weighted by Crippen LogP contribution is -2.52. The molecule has 0 atom stereocenters. The van der Waals surface area contributed by atoms with Gasteiger partial charge in [-0.3, -0.25) is 9.69 Å². The Balaban J connectivity index is 1.26. The normalized spacial score (nSPS) is 18.0. The van der Waals surface area contributed by atoms with Crippen molar-refractivity contribution in [3.05, 3.63) is 48.5 Å². The maximum Gasteiger partial charge on any atom is 0.236 e. The van der Waals surface area contributed by atoms with Crippen LogP contribution in [0.25, 0.3) is 22.4 Å². The number of benzene rings is 2. The minimum atomic E-state index is 0.231. The van der Waals surface area contributed by atoms with Gasteiger partial charge >= 0.3 is 0 Å². The number of morpholine rings is 1. The van der Waals surface area contributed by atoms with Crippen molar-refractivity contribution in [2.24, 2.45) is 7.05 Å². The smallest absolute Gasteiger partial charge is 0.236 e. The van der Waals surface area contributed by atoms with Gasteiger partial charge in [-0.25, -0.2) is 4.98 Å². The molecule has 0 saturated carbocycles. The van der Waals surface area contributed by atoms with E-state index in [0.717, 1.165) is 74.9 Å². The number of nitrogens with zero attached hydrogens (tertiary/aromatic N) is 5. The molecule has 0 spiro atoms. The zero-order valence-electron chi connectivity index (χ0n) is 18.0. The number of aromatic nitrogens is 2. The molecule has 1 amide bonds. The van der Waals surface area contributed by atoms with E-state index in [-0.39, 0.29) is 5.91 Å². The summed E-state index contributed by atoms with van der Waals surface area (Å²) in [7, 11) is 2.07. The Hall–Kier alpha value is -2.90. The third-order valence-electron chi connectivity index (χ3n) is 6.35. The first-order chi connectivity index (χ1) is 15.2. The predicted octanol–water partition coefficient (Wildman–Crippen LogP) is 2.22. The van der Waals surface area contributed by atoms with Gasteiger partial charge in [0.15, 0.2) is 0 Å². The van der Waals surface area contributed by atoms with Gasteiger partial charge in [0.1, 0.15) is 5.82 Å². The molecule has 5 rings (SSSR count). The molecule has 2 aliphatic heterocycles. The van der Waals surface area contributed by atoms with E-state index in [9.17, 15) is 4.79 Å². The fourth-order valence-corrected chi connectivity index (χ4v) is 4.51. The molecular formula is C24H29N5O2. The molecule has 0 bridgehead atoms. The maximum atomic E-state index is 12.7. The molecule has 0 aliphatic carbocycles. The Labute approximate surface area is 182 Å². The summed E-state index contributed by atoms with van der Waals surface area (Å²) in [5, 5.41) is 0. The van der Waals surface area contributed by atoms with Crippen LogP contribution in [0.3, 0.4) is 0 Å². The van der Waals surface area contributed by atoms with E-state index < -0.39 is 0 Å². The number of carbonyl (C=O) groups is 1. The number of ether oxygens (including phenoxy) is 1. The molecule has 2 aromatic carbocycles. The van der Waals surface area contributed by atoms with Gasteiger partial charge in [0.25, 0.3) is 0 Å². The van der Waals surface area contributed by atoms with Gasteiger partial charge < -0.3 is 19.1 Å². The molecule has 7 heteroatoms. The van der Waals surface area contributed by atoms with Gasteiger partial charge in [-0.05, 0) is 24.3 Å². The van der Waals surface area contributed by atoms with E-state index in [1.165, 1.54) is 5.69 Å². The van der Waals surface area contributed by atoms with E-state index in [1.807, 2.05) is 17.0 Å². The Morgan fingerprint density at radius 1 is 0.968 bits per heavy atom. The number of imidazole rings is 1. The first-order valence-corrected chi connectivity index (χ1v) is 11.0. The van der Waals surface area contributed by atoms with Crippen molar-refractivity contribution >= 4 is 22.6 Å². The summed E-state index contributed by atoms with van der Waals surface area (Å²) in [4.78, 5) is 24.1. The van der Waals surface area contributed by atoms with E-state index in [0.29, 0.717) is 6.54 Å². The number of hydrogen-bond acceptors (Lipinski definition) is 5. The number of hydrogen-bond donors (Lipinski definition) is 0. The van der Waals surface area contributed by atoms with Crippen LogP contribution < -0.4 is 4.90 Å². The minimum absolute atomic E-state index is 0.231. The summed E-state index contributed by atoms with van der Waals surface area (Å²) in [6.45, 7) is 6.87. The van der Waals surface area contributed by atoms with E-state index in [4.69, 9.17) is 9.72 Å². The molecule has 1 aromatic heterocycles. The second-order valence-electron chi connectivity index (χ2n) is 8.29. The van der Waals surface area contributed by atoms with Crippen LogP contribution in [0, 0.1) is 0 Å². The molecule has 3 aromatic rings. The molecule has 7 nitrogen and oxygen atoms in total. The van der Waals surface area contributed by atoms with E-state index in [1.54, 1.807) is 0 Å². The van der Waals surface area contributed by atoms with Crippen LogP contribution in [0.2, 0.25) is 0 Å². The summed E-state index contributed by atoms with van der Waals surface area (Å²) in [6.07, 6.45) is 0. The molecular weight excluding hydrogens is 390 g/mol. The summed E-state index contributed by atoms with van der Waals surface area (Å²) in [6, 6.07) is 16.8. The zero-order valence-corrected chi connectivity index (χ0v) is 18.0. The molecule has 2 fully saturated rings. The Morgan fingerprint density at radius 2 is 1.74 bits per heavy atom. The number of piperazine rings is 1. The van der Waals surface area contributed by atoms with Crippen molar-refractivity contribution < 1.29 is 9.53 Å². The Bertz CT molecular complexity index is 1060. The van der Waals surface area contributed by atoms with E-state index in [2.05, 4.69) is 57.8 Å². The molecule has 0 radical (unpaired) electrons. The van der Waals surface area contributed by atoms with Crippen LogP contribution >= 0.6 is 0 Å². The van der Waals surface area contributed by atoms with Crippen LogP contribution in [-0.4, -0.2) is 84.3 Å². The van der Waals surface area contributed by atoms with Crippen molar-refractivity contribution in [3.8, 4) is 11.4 Å². The van der Waals surface area contributed by atoms with E-state index >= 15 is 0 Å². The van der Waals surface area contributed by atoms with Crippen LogP contribution in [0.1, 0.15) is 0 Å². The average Bonchev–Trinajstić information content (AvgIpc) is 3.17. The van der Waals surface area contributed by atoms with Crippen molar-refractivity contribution in [2.75, 3.05) is 63.9 Å². The van der Waals surface area contributed by atoms with Crippen molar-refractivity contribution in [1.29, 1.82) is 0 Å². The lowest BCUT2D eigenvalue weighted by Gasteiger charge is -2.37. The van der Waals surface area contributed by atoms with Crippen LogP contribution in [0.15, 0.2) is 48.5 Å². The second kappa shape index (κ2) is 8.69. The summed E-state index contributed by atoms with van der Waals surface area (Å²) in [5.74, 6) is 1.21. The number of carbonyl (C=O) groups excluding carboxylic acids is 1. The number of amides is 1. The highest BCUT2D eigenvalue weighted by molar-refractivity contribution is 5.81. The van der Waals surface area contributed by atoms with Gasteiger partial charge in [0.05, 0.1) is 30.8 Å². The average molecular weight is 420 g/mol. The van der Waals surface area contributed by atoms with Gasteiger partial charge in [0.2, 0.25) is 5.91 Å². The summed E-state index contributed by atoms with van der Waals surface area (Å²) < 4.78 is 7.53. The third kappa shape index (κ3) is 4.16. The zero-order chi connectivity index (χ0) is 21.2. The predicted molar refractivity (Wildman–Crippen MR) is 122 cm³/mol. The standard InChI is InChI=1S/C24H29N5O2/c1-26-22-8-3-2-7-21(22)25-24(26)19-5-4-6-20(17-19)28-9-11-29(12-10-28)23(30)18-27-13-15-31-16-14-27/h2-8,17H,9-16,18H2,1H3. The maximum absolute atomic E-state index is 12.7. The highest BCUT2D eigenvalue weighted by Gasteiger charge is 2.24. The molecule has 0 unspecified atom stereocenters. The number of rotatable bonds is 4. The molecule has 2 saturated heterocycles. The number of fused-ring (bicyclic) bond motifs is 1. The first-order valence-electron chi connectivity index (χ1n) is 11.0. The third-order valence-corrected chi connectivity index (χ3v) is 6.35. The summed E-state index contributed by atoms with van der Waals surface area (Å²) in [5.41, 5.74) is 4.44. The number of aryl methyl sites for hydroxylation is 1. The van der Waals surface area contributed by atoms with Gasteiger partial charge in [-0.15, -0.1) is 0 Å². The number of para-hydroxylation sites is 2. The van der Waals surface area contributed by atoms with Gasteiger partial charge in [-0.2, -0.15) is 0 Å². The minimum Gasteiger partial charge on any atom is -0.379 e. The molecule has 2 aliphatic rings. The highest BCUT2D eigenvalue weighted by atomic mass is 16.5.